The highest BCUT2D eigenvalue weighted by atomic mass is 32.2. The highest BCUT2D eigenvalue weighted by molar-refractivity contribution is 8.00. The Morgan fingerprint density at radius 1 is 1.45 bits per heavy atom. The Morgan fingerprint density at radius 3 is 2.90 bits per heavy atom. The van der Waals surface area contributed by atoms with Gasteiger partial charge in [0.15, 0.2) is 0 Å². The number of hydrogen-bond acceptors (Lipinski definition) is 3. The topological polar surface area (TPSA) is 32.3 Å². The monoisotopic (exact) mass is 292 g/mol. The fraction of sp³-hybridized carbons (Fsp3) is 0.438. The summed E-state index contributed by atoms with van der Waals surface area (Å²) in [6.45, 7) is 8.34. The molecule has 0 spiro atoms. The molecule has 110 valence electrons. The predicted molar refractivity (Wildman–Crippen MR) is 87.8 cm³/mol. The summed E-state index contributed by atoms with van der Waals surface area (Å²) in [5, 5.41) is 2.94. The van der Waals surface area contributed by atoms with Gasteiger partial charge in [0.2, 0.25) is 5.91 Å². The van der Waals surface area contributed by atoms with Gasteiger partial charge < -0.3 is 10.2 Å². The summed E-state index contributed by atoms with van der Waals surface area (Å²) in [4.78, 5) is 13.9. The zero-order valence-electron chi connectivity index (χ0n) is 12.4. The van der Waals surface area contributed by atoms with Gasteiger partial charge in [0, 0.05) is 18.8 Å². The Hall–Kier alpha value is -1.26. The Labute approximate surface area is 126 Å². The van der Waals surface area contributed by atoms with Gasteiger partial charge in [-0.3, -0.25) is 4.79 Å². The molecule has 0 aromatic heterocycles. The average Bonchev–Trinajstić information content (AvgIpc) is 2.45. The van der Waals surface area contributed by atoms with Crippen LogP contribution < -0.4 is 5.32 Å². The van der Waals surface area contributed by atoms with Gasteiger partial charge in [-0.25, -0.2) is 0 Å². The normalized spacial score (nSPS) is 10.6. The van der Waals surface area contributed by atoms with Gasteiger partial charge in [-0.15, -0.1) is 18.3 Å². The molecule has 0 atom stereocenters. The van der Waals surface area contributed by atoms with Crippen LogP contribution >= 0.6 is 11.8 Å². The standard InChI is InChI=1S/C16H24N2OS/c1-4-9-20-13-16(19)17-11-14-7-6-8-15(10-14)12-18(3)5-2/h4,6-8,10H,1,5,9,11-13H2,2-3H3,(H,17,19). The van der Waals surface area contributed by atoms with Crippen molar-refractivity contribution in [2.75, 3.05) is 25.1 Å². The first-order chi connectivity index (χ1) is 9.65. The molecule has 0 radical (unpaired) electrons. The van der Waals surface area contributed by atoms with Gasteiger partial charge >= 0.3 is 0 Å². The Morgan fingerprint density at radius 2 is 2.20 bits per heavy atom. The van der Waals surface area contributed by atoms with Gasteiger partial charge in [-0.05, 0) is 24.7 Å². The second-order valence-corrected chi connectivity index (χ2v) is 5.76. The van der Waals surface area contributed by atoms with E-state index >= 15 is 0 Å². The summed E-state index contributed by atoms with van der Waals surface area (Å²) in [7, 11) is 2.10. The van der Waals surface area contributed by atoms with Crippen molar-refractivity contribution in [3.05, 3.63) is 48.0 Å². The molecule has 1 aromatic carbocycles. The molecule has 0 bridgehead atoms. The molecule has 0 saturated carbocycles. The van der Waals surface area contributed by atoms with Crippen LogP contribution in [0.3, 0.4) is 0 Å². The molecular formula is C16H24N2OS. The molecule has 4 heteroatoms. The summed E-state index contributed by atoms with van der Waals surface area (Å²) < 4.78 is 0. The smallest absolute Gasteiger partial charge is 0.230 e. The second kappa shape index (κ2) is 9.61. The third-order valence-corrected chi connectivity index (χ3v) is 3.88. The summed E-state index contributed by atoms with van der Waals surface area (Å²) in [6, 6.07) is 8.38. The zero-order valence-corrected chi connectivity index (χ0v) is 13.2. The largest absolute Gasteiger partial charge is 0.351 e. The van der Waals surface area contributed by atoms with Crippen molar-refractivity contribution in [3.8, 4) is 0 Å². The van der Waals surface area contributed by atoms with Crippen molar-refractivity contribution in [1.82, 2.24) is 10.2 Å². The van der Waals surface area contributed by atoms with E-state index in [0.717, 1.165) is 24.4 Å². The van der Waals surface area contributed by atoms with Gasteiger partial charge in [0.25, 0.3) is 0 Å². The number of thioether (sulfide) groups is 1. The molecule has 0 aliphatic carbocycles. The maximum absolute atomic E-state index is 11.6. The first-order valence-electron chi connectivity index (χ1n) is 6.87. The lowest BCUT2D eigenvalue weighted by atomic mass is 10.1. The van der Waals surface area contributed by atoms with Gasteiger partial charge in [0.05, 0.1) is 5.75 Å². The van der Waals surface area contributed by atoms with E-state index in [1.54, 1.807) is 11.8 Å². The van der Waals surface area contributed by atoms with Crippen molar-refractivity contribution >= 4 is 17.7 Å². The van der Waals surface area contributed by atoms with E-state index in [4.69, 9.17) is 0 Å². The lowest BCUT2D eigenvalue weighted by Crippen LogP contribution is -2.24. The van der Waals surface area contributed by atoms with Crippen LogP contribution in [0.4, 0.5) is 0 Å². The molecule has 0 saturated heterocycles. The molecule has 0 aliphatic rings. The van der Waals surface area contributed by atoms with Crippen LogP contribution in [-0.2, 0) is 17.9 Å². The maximum Gasteiger partial charge on any atom is 0.230 e. The Kier molecular flexibility index (Phi) is 8.07. The van der Waals surface area contributed by atoms with Crippen LogP contribution in [0.15, 0.2) is 36.9 Å². The zero-order chi connectivity index (χ0) is 14.8. The van der Waals surface area contributed by atoms with E-state index in [2.05, 4.69) is 42.9 Å². The van der Waals surface area contributed by atoms with Crippen LogP contribution in [0, 0.1) is 0 Å². The minimum Gasteiger partial charge on any atom is -0.351 e. The predicted octanol–water partition coefficient (Wildman–Crippen LogP) is 2.67. The van der Waals surface area contributed by atoms with E-state index in [0.29, 0.717) is 12.3 Å². The average molecular weight is 292 g/mol. The highest BCUT2D eigenvalue weighted by Crippen LogP contribution is 2.08. The van der Waals surface area contributed by atoms with Crippen LogP contribution in [-0.4, -0.2) is 35.9 Å². The Balaban J connectivity index is 2.41. The number of carbonyl (C=O) groups excluding carboxylic acids is 1. The minimum absolute atomic E-state index is 0.0768. The molecule has 1 N–H and O–H groups in total. The van der Waals surface area contributed by atoms with Crippen LogP contribution in [0.5, 0.6) is 0 Å². The van der Waals surface area contributed by atoms with Crippen molar-refractivity contribution in [1.29, 1.82) is 0 Å². The molecular weight excluding hydrogens is 268 g/mol. The first kappa shape index (κ1) is 16.8. The number of hydrogen-bond donors (Lipinski definition) is 1. The molecule has 0 fully saturated rings. The summed E-state index contributed by atoms with van der Waals surface area (Å²) in [6.07, 6.45) is 1.81. The van der Waals surface area contributed by atoms with Crippen LogP contribution in [0.25, 0.3) is 0 Å². The second-order valence-electron chi connectivity index (χ2n) is 4.73. The quantitative estimate of drug-likeness (QED) is 0.561. The number of nitrogens with zero attached hydrogens (tertiary/aromatic N) is 1. The van der Waals surface area contributed by atoms with Crippen LogP contribution in [0.1, 0.15) is 18.1 Å². The number of amides is 1. The van der Waals surface area contributed by atoms with E-state index in [1.165, 1.54) is 5.56 Å². The van der Waals surface area contributed by atoms with Crippen molar-refractivity contribution < 1.29 is 4.79 Å². The molecule has 1 amide bonds. The van der Waals surface area contributed by atoms with Gasteiger partial charge in [0.1, 0.15) is 0 Å². The third-order valence-electron chi connectivity index (χ3n) is 2.94. The van der Waals surface area contributed by atoms with Gasteiger partial charge in [-0.1, -0.05) is 37.3 Å². The number of rotatable bonds is 9. The first-order valence-corrected chi connectivity index (χ1v) is 8.03. The highest BCUT2D eigenvalue weighted by Gasteiger charge is 2.02. The molecule has 1 rings (SSSR count). The number of benzene rings is 1. The molecule has 20 heavy (non-hydrogen) atoms. The summed E-state index contributed by atoms with van der Waals surface area (Å²) >= 11 is 1.57. The van der Waals surface area contributed by atoms with Crippen LogP contribution in [0.2, 0.25) is 0 Å². The summed E-state index contributed by atoms with van der Waals surface area (Å²) in [5.41, 5.74) is 2.43. The third kappa shape index (κ3) is 6.78. The number of nitrogens with one attached hydrogen (secondary N) is 1. The molecule has 0 heterocycles. The Bertz CT molecular complexity index is 434. The van der Waals surface area contributed by atoms with Crippen molar-refractivity contribution in [2.24, 2.45) is 0 Å². The lowest BCUT2D eigenvalue weighted by Gasteiger charge is -2.14. The van der Waals surface area contributed by atoms with Crippen molar-refractivity contribution in [2.45, 2.75) is 20.0 Å². The van der Waals surface area contributed by atoms with E-state index in [1.807, 2.05) is 18.2 Å². The minimum atomic E-state index is 0.0768. The fourth-order valence-electron chi connectivity index (χ4n) is 1.75. The molecule has 1 aromatic rings. The van der Waals surface area contributed by atoms with E-state index in [9.17, 15) is 4.79 Å². The fourth-order valence-corrected chi connectivity index (χ4v) is 2.32. The van der Waals surface area contributed by atoms with E-state index in [-0.39, 0.29) is 5.91 Å². The molecule has 0 unspecified atom stereocenters. The molecule has 0 aliphatic heterocycles. The van der Waals surface area contributed by atoms with E-state index < -0.39 is 0 Å². The summed E-state index contributed by atoms with van der Waals surface area (Å²) in [5.74, 6) is 1.38. The molecule has 3 nitrogen and oxygen atoms in total. The van der Waals surface area contributed by atoms with Crippen molar-refractivity contribution in [3.63, 3.8) is 0 Å². The van der Waals surface area contributed by atoms with Gasteiger partial charge in [-0.2, -0.15) is 0 Å². The SMILES string of the molecule is C=CCSCC(=O)NCc1cccc(CN(C)CC)c1. The lowest BCUT2D eigenvalue weighted by molar-refractivity contribution is -0.118. The number of carbonyl (C=O) groups is 1. The maximum atomic E-state index is 11.6.